The summed E-state index contributed by atoms with van der Waals surface area (Å²) in [5.74, 6) is 1.22. The van der Waals surface area contributed by atoms with Gasteiger partial charge >= 0.3 is 0 Å². The summed E-state index contributed by atoms with van der Waals surface area (Å²) in [5.41, 5.74) is 2.72. The Morgan fingerprint density at radius 1 is 1.30 bits per heavy atom. The molecule has 0 radical (unpaired) electrons. The van der Waals surface area contributed by atoms with Crippen LogP contribution in [0.3, 0.4) is 0 Å². The zero-order valence-corrected chi connectivity index (χ0v) is 13.2. The fraction of sp³-hybridized carbons (Fsp3) is 0.500. The van der Waals surface area contributed by atoms with E-state index in [9.17, 15) is 0 Å². The third-order valence-electron chi connectivity index (χ3n) is 3.42. The zero-order valence-electron chi connectivity index (χ0n) is 12.4. The Hall–Kier alpha value is -0.970. The number of nitrogens with zero attached hydrogens (tertiary/aromatic N) is 1. The number of thioether (sulfide) groups is 1. The van der Waals surface area contributed by atoms with Gasteiger partial charge in [0.05, 0.1) is 6.61 Å². The lowest BCUT2D eigenvalue weighted by Gasteiger charge is -2.03. The molecule has 0 spiro atoms. The minimum atomic E-state index is 0.756. The summed E-state index contributed by atoms with van der Waals surface area (Å²) >= 11 is 1.91. The quantitative estimate of drug-likeness (QED) is 0.719. The Kier molecular flexibility index (Phi) is 6.43. The van der Waals surface area contributed by atoms with Gasteiger partial charge in [0.25, 0.3) is 0 Å². The SMILES string of the molecule is COCCNCc1cn(CCCSC)c2ccccc12. The molecule has 1 heterocycles. The van der Waals surface area contributed by atoms with Gasteiger partial charge in [-0.25, -0.2) is 0 Å². The maximum Gasteiger partial charge on any atom is 0.0587 e. The molecule has 2 aromatic rings. The van der Waals surface area contributed by atoms with Crippen LogP contribution in [0.25, 0.3) is 10.9 Å². The predicted octanol–water partition coefficient (Wildman–Crippen LogP) is 3.13. The van der Waals surface area contributed by atoms with Gasteiger partial charge in [0.2, 0.25) is 0 Å². The predicted molar refractivity (Wildman–Crippen MR) is 88.5 cm³/mol. The third kappa shape index (κ3) is 4.01. The van der Waals surface area contributed by atoms with Crippen molar-refractivity contribution in [3.8, 4) is 0 Å². The topological polar surface area (TPSA) is 26.2 Å². The van der Waals surface area contributed by atoms with Crippen LogP contribution in [0.5, 0.6) is 0 Å². The van der Waals surface area contributed by atoms with Gasteiger partial charge in [0, 0.05) is 43.8 Å². The summed E-state index contributed by atoms with van der Waals surface area (Å²) in [6.07, 6.45) is 5.68. The fourth-order valence-electron chi connectivity index (χ4n) is 2.43. The van der Waals surface area contributed by atoms with Crippen molar-refractivity contribution in [1.29, 1.82) is 0 Å². The van der Waals surface area contributed by atoms with Crippen LogP contribution in [-0.4, -0.2) is 36.8 Å². The number of para-hydroxylation sites is 1. The van der Waals surface area contributed by atoms with Gasteiger partial charge in [-0.15, -0.1) is 0 Å². The number of nitrogens with one attached hydrogen (secondary N) is 1. The maximum atomic E-state index is 5.07. The van der Waals surface area contributed by atoms with Crippen LogP contribution in [0.15, 0.2) is 30.5 Å². The molecule has 0 bridgehead atoms. The second-order valence-corrected chi connectivity index (χ2v) is 5.87. The number of methoxy groups -OCH3 is 1. The highest BCUT2D eigenvalue weighted by Crippen LogP contribution is 2.21. The molecule has 0 fully saturated rings. The Balaban J connectivity index is 2.09. The molecule has 0 saturated heterocycles. The molecule has 0 amide bonds. The number of fused-ring (bicyclic) bond motifs is 1. The molecule has 110 valence electrons. The van der Waals surface area contributed by atoms with Crippen LogP contribution in [0, 0.1) is 0 Å². The van der Waals surface area contributed by atoms with Crippen LogP contribution in [-0.2, 0) is 17.8 Å². The Morgan fingerprint density at radius 2 is 2.15 bits per heavy atom. The molecule has 20 heavy (non-hydrogen) atoms. The lowest BCUT2D eigenvalue weighted by molar-refractivity contribution is 0.199. The molecule has 0 aliphatic carbocycles. The highest BCUT2D eigenvalue weighted by Gasteiger charge is 2.07. The molecule has 0 saturated carbocycles. The summed E-state index contributed by atoms with van der Waals surface area (Å²) in [6, 6.07) is 8.67. The molecule has 0 atom stereocenters. The van der Waals surface area contributed by atoms with Crippen molar-refractivity contribution in [2.24, 2.45) is 0 Å². The van der Waals surface area contributed by atoms with E-state index in [1.54, 1.807) is 7.11 Å². The second-order valence-electron chi connectivity index (χ2n) is 4.88. The van der Waals surface area contributed by atoms with E-state index in [-0.39, 0.29) is 0 Å². The highest BCUT2D eigenvalue weighted by molar-refractivity contribution is 7.98. The van der Waals surface area contributed by atoms with E-state index in [0.29, 0.717) is 0 Å². The van der Waals surface area contributed by atoms with Gasteiger partial charge in [0.1, 0.15) is 0 Å². The molecule has 3 nitrogen and oxygen atoms in total. The van der Waals surface area contributed by atoms with Gasteiger partial charge in [-0.3, -0.25) is 0 Å². The number of ether oxygens (including phenoxy) is 1. The Labute approximate surface area is 125 Å². The van der Waals surface area contributed by atoms with Gasteiger partial charge in [0.15, 0.2) is 0 Å². The van der Waals surface area contributed by atoms with E-state index in [4.69, 9.17) is 4.74 Å². The fourth-order valence-corrected chi connectivity index (χ4v) is 2.84. The first kappa shape index (κ1) is 15.4. The summed E-state index contributed by atoms with van der Waals surface area (Å²) < 4.78 is 7.46. The van der Waals surface area contributed by atoms with Crippen molar-refractivity contribution in [3.05, 3.63) is 36.0 Å². The second kappa shape index (κ2) is 8.35. The molecule has 2 rings (SSSR count). The van der Waals surface area contributed by atoms with Crippen molar-refractivity contribution in [3.63, 3.8) is 0 Å². The van der Waals surface area contributed by atoms with Gasteiger partial charge in [-0.05, 0) is 30.1 Å². The number of hydrogen-bond donors (Lipinski definition) is 1. The summed E-state index contributed by atoms with van der Waals surface area (Å²) in [4.78, 5) is 0. The van der Waals surface area contributed by atoms with Crippen molar-refractivity contribution in [1.82, 2.24) is 9.88 Å². The molecule has 4 heteroatoms. The first-order valence-corrected chi connectivity index (χ1v) is 8.51. The van der Waals surface area contributed by atoms with Crippen molar-refractivity contribution < 1.29 is 4.74 Å². The van der Waals surface area contributed by atoms with Crippen LogP contribution in [0.4, 0.5) is 0 Å². The van der Waals surface area contributed by atoms with E-state index in [1.807, 2.05) is 11.8 Å². The first-order valence-electron chi connectivity index (χ1n) is 7.12. The number of rotatable bonds is 9. The summed E-state index contributed by atoms with van der Waals surface area (Å²) in [7, 11) is 1.74. The Bertz CT molecular complexity index is 524. The van der Waals surface area contributed by atoms with E-state index in [0.717, 1.165) is 26.2 Å². The monoisotopic (exact) mass is 292 g/mol. The maximum absolute atomic E-state index is 5.07. The molecule has 1 aromatic heterocycles. The molecule has 0 aliphatic heterocycles. The number of aromatic nitrogens is 1. The van der Waals surface area contributed by atoms with E-state index < -0.39 is 0 Å². The smallest absolute Gasteiger partial charge is 0.0587 e. The van der Waals surface area contributed by atoms with E-state index in [1.165, 1.54) is 28.6 Å². The highest BCUT2D eigenvalue weighted by atomic mass is 32.2. The first-order chi connectivity index (χ1) is 9.86. The van der Waals surface area contributed by atoms with E-state index in [2.05, 4.69) is 46.6 Å². The van der Waals surface area contributed by atoms with E-state index >= 15 is 0 Å². The van der Waals surface area contributed by atoms with Crippen molar-refractivity contribution >= 4 is 22.7 Å². The standard InChI is InChI=1S/C16H24N2OS/c1-19-10-8-17-12-14-13-18(9-5-11-20-2)16-7-4-3-6-15(14)16/h3-4,6-7,13,17H,5,8-12H2,1-2H3. The van der Waals surface area contributed by atoms with Crippen LogP contribution >= 0.6 is 11.8 Å². The average molecular weight is 292 g/mol. The van der Waals surface area contributed by atoms with Crippen molar-refractivity contribution in [2.45, 2.75) is 19.5 Å². The van der Waals surface area contributed by atoms with Crippen LogP contribution in [0.2, 0.25) is 0 Å². The lowest BCUT2D eigenvalue weighted by Crippen LogP contribution is -2.18. The molecule has 1 aromatic carbocycles. The summed E-state index contributed by atoms with van der Waals surface area (Å²) in [5, 5.41) is 4.80. The minimum absolute atomic E-state index is 0.756. The van der Waals surface area contributed by atoms with Gasteiger partial charge < -0.3 is 14.6 Å². The number of aryl methyl sites for hydroxylation is 1. The largest absolute Gasteiger partial charge is 0.383 e. The molecule has 0 unspecified atom stereocenters. The van der Waals surface area contributed by atoms with Gasteiger partial charge in [-0.1, -0.05) is 18.2 Å². The van der Waals surface area contributed by atoms with Crippen LogP contribution < -0.4 is 5.32 Å². The number of hydrogen-bond acceptors (Lipinski definition) is 3. The lowest BCUT2D eigenvalue weighted by atomic mass is 10.2. The van der Waals surface area contributed by atoms with Crippen molar-refractivity contribution in [2.75, 3.05) is 32.3 Å². The van der Waals surface area contributed by atoms with Gasteiger partial charge in [-0.2, -0.15) is 11.8 Å². The number of benzene rings is 1. The molecular formula is C16H24N2OS. The normalized spacial score (nSPS) is 11.3. The zero-order chi connectivity index (χ0) is 14.2. The average Bonchev–Trinajstić information content (AvgIpc) is 2.83. The molecular weight excluding hydrogens is 268 g/mol. The Morgan fingerprint density at radius 3 is 2.95 bits per heavy atom. The van der Waals surface area contributed by atoms with Crippen LogP contribution in [0.1, 0.15) is 12.0 Å². The molecule has 1 N–H and O–H groups in total. The summed E-state index contributed by atoms with van der Waals surface area (Å²) in [6.45, 7) is 3.65. The minimum Gasteiger partial charge on any atom is -0.383 e. The third-order valence-corrected chi connectivity index (χ3v) is 4.11. The molecule has 0 aliphatic rings.